The second-order valence-electron chi connectivity index (χ2n) is 12.1. The molecule has 0 fully saturated rings. The summed E-state index contributed by atoms with van der Waals surface area (Å²) in [5, 5.41) is 32.5. The highest BCUT2D eigenvalue weighted by Gasteiger charge is 2.26. The van der Waals surface area contributed by atoms with Gasteiger partial charge in [-0.3, -0.25) is 39.4 Å². The molecule has 4 rings (SSSR count). The zero-order valence-electron chi connectivity index (χ0n) is 30.4. The third-order valence-corrected chi connectivity index (χ3v) is 9.08. The van der Waals surface area contributed by atoms with Crippen molar-refractivity contribution in [1.82, 2.24) is 0 Å². The van der Waals surface area contributed by atoms with Crippen LogP contribution in [-0.2, 0) is 4.79 Å². The van der Waals surface area contributed by atoms with Crippen molar-refractivity contribution < 1.29 is 43.3 Å². The summed E-state index contributed by atoms with van der Waals surface area (Å²) in [7, 11) is 0. The Morgan fingerprint density at radius 3 is 1.60 bits per heavy atom. The molecule has 0 saturated heterocycles. The van der Waals surface area contributed by atoms with Gasteiger partial charge in [0, 0.05) is 45.7 Å². The highest BCUT2D eigenvalue weighted by atomic mass is 16.6. The molecule has 50 heavy (non-hydrogen) atoms. The van der Waals surface area contributed by atoms with Gasteiger partial charge in [-0.15, -0.1) is 0 Å². The molecule has 0 saturated carbocycles. The molecule has 13 heteroatoms. The van der Waals surface area contributed by atoms with Crippen molar-refractivity contribution in [3.05, 3.63) is 98.8 Å². The first-order chi connectivity index (χ1) is 23.1. The number of carbonyl (C=O) groups is 4. The predicted octanol–water partition coefficient (Wildman–Crippen LogP) is 8.21. The minimum absolute atomic E-state index is 0.00944. The number of phenols is 1. The average molecular weight is 691 g/mol. The van der Waals surface area contributed by atoms with Crippen molar-refractivity contribution >= 4 is 46.5 Å². The number of nitro benzene ring substituents is 2. The molecule has 0 atom stereocenters. The molecule has 1 aromatic heterocycles. The number of aryl methyl sites for hydroxylation is 2. The van der Waals surface area contributed by atoms with Gasteiger partial charge in [-0.1, -0.05) is 0 Å². The first-order valence-corrected chi connectivity index (χ1v) is 15.4. The molecule has 0 radical (unpaired) electrons. The highest BCUT2D eigenvalue weighted by Crippen LogP contribution is 2.37. The quantitative estimate of drug-likeness (QED) is 0.0809. The maximum atomic E-state index is 11.3. The third-order valence-electron chi connectivity index (χ3n) is 9.08. The number of nitro groups is 2. The van der Waals surface area contributed by atoms with Crippen molar-refractivity contribution in [1.29, 1.82) is 0 Å². The summed E-state index contributed by atoms with van der Waals surface area (Å²) < 4.78 is 10.9. The van der Waals surface area contributed by atoms with Crippen LogP contribution in [0.25, 0.3) is 11.0 Å². The Balaban J connectivity index is 0.000000262. The van der Waals surface area contributed by atoms with Crippen molar-refractivity contribution in [2.45, 2.75) is 83.1 Å². The zero-order chi connectivity index (χ0) is 38.5. The Kier molecular flexibility index (Phi) is 13.0. The lowest BCUT2D eigenvalue weighted by molar-refractivity contribution is -0.386. The van der Waals surface area contributed by atoms with Gasteiger partial charge in [0.1, 0.15) is 23.7 Å². The summed E-state index contributed by atoms with van der Waals surface area (Å²) in [6.07, 6.45) is 0.953. The van der Waals surface area contributed by atoms with Crippen molar-refractivity contribution in [3.63, 3.8) is 0 Å². The van der Waals surface area contributed by atoms with Gasteiger partial charge >= 0.3 is 0 Å². The van der Waals surface area contributed by atoms with E-state index in [2.05, 4.69) is 20.8 Å². The maximum absolute atomic E-state index is 11.3. The standard InChI is InChI=1S/C14H16O2.C13H15NO5.C10H11NO4/c1-7-8(2)10(4)14-12(9(7)3)6-13(16-14)11(5)15;1-7(16)6-19-13-9(3)8(2)12(14(17)18)10(4)11(13)5-15;1-5-6(2)10(13)8(4-12)7(3)9(5)11(14)15/h6H,1-5H3;5H,6H2,1-4H3;4,13H,1-3H3. The number of ether oxygens (including phenoxy) is 1. The van der Waals surface area contributed by atoms with Crippen molar-refractivity contribution in [3.8, 4) is 11.5 Å². The molecule has 0 aliphatic rings. The van der Waals surface area contributed by atoms with Crippen molar-refractivity contribution in [2.24, 2.45) is 0 Å². The lowest BCUT2D eigenvalue weighted by Gasteiger charge is -2.15. The van der Waals surface area contributed by atoms with Gasteiger partial charge in [-0.25, -0.2) is 0 Å². The number of rotatable bonds is 8. The van der Waals surface area contributed by atoms with E-state index in [9.17, 15) is 44.5 Å². The first-order valence-electron chi connectivity index (χ1n) is 15.4. The fourth-order valence-corrected chi connectivity index (χ4v) is 5.52. The summed E-state index contributed by atoms with van der Waals surface area (Å²) in [6.45, 7) is 20.3. The molecule has 4 aromatic rings. The smallest absolute Gasteiger partial charge is 0.276 e. The summed E-state index contributed by atoms with van der Waals surface area (Å²) in [4.78, 5) is 64.9. The number of ketones is 2. The molecule has 3 aromatic carbocycles. The summed E-state index contributed by atoms with van der Waals surface area (Å²) in [5.41, 5.74) is 7.78. The Morgan fingerprint density at radius 2 is 1.16 bits per heavy atom. The van der Waals surface area contributed by atoms with Crippen LogP contribution in [0.5, 0.6) is 11.5 Å². The normalized spacial score (nSPS) is 10.4. The number of aldehydes is 2. The third kappa shape index (κ3) is 7.94. The molecule has 0 unspecified atom stereocenters. The molecule has 0 bridgehead atoms. The molecule has 1 heterocycles. The highest BCUT2D eigenvalue weighted by molar-refractivity contribution is 5.98. The molecule has 266 valence electrons. The van der Waals surface area contributed by atoms with Crippen molar-refractivity contribution in [2.75, 3.05) is 6.61 Å². The predicted molar refractivity (Wildman–Crippen MR) is 188 cm³/mol. The van der Waals surface area contributed by atoms with E-state index in [0.717, 1.165) is 16.5 Å². The molecule has 0 amide bonds. The van der Waals surface area contributed by atoms with E-state index in [4.69, 9.17) is 9.15 Å². The van der Waals surface area contributed by atoms with Gasteiger partial charge in [0.15, 0.2) is 29.9 Å². The number of carbonyl (C=O) groups excluding carboxylic acids is 4. The van der Waals surface area contributed by atoms with E-state index in [1.54, 1.807) is 27.7 Å². The second-order valence-corrected chi connectivity index (χ2v) is 12.1. The molecule has 0 spiro atoms. The minimum atomic E-state index is -0.538. The van der Waals surface area contributed by atoms with Crippen LogP contribution < -0.4 is 4.74 Å². The Labute approximate surface area is 289 Å². The Morgan fingerprint density at radius 1 is 0.700 bits per heavy atom. The lowest BCUT2D eigenvalue weighted by Crippen LogP contribution is -2.11. The topological polar surface area (TPSA) is 197 Å². The minimum Gasteiger partial charge on any atom is -0.507 e. The number of nitrogens with zero attached hydrogens (tertiary/aromatic N) is 2. The largest absolute Gasteiger partial charge is 0.507 e. The number of phenolic OH excluding ortho intramolecular Hbond substituents is 1. The maximum Gasteiger partial charge on any atom is 0.276 e. The van der Waals surface area contributed by atoms with Crippen LogP contribution in [0, 0.1) is 89.5 Å². The van der Waals surface area contributed by atoms with E-state index in [1.165, 1.54) is 44.4 Å². The average Bonchev–Trinajstić information content (AvgIpc) is 3.50. The number of Topliss-reactive ketones (excluding diaryl/α,β-unsaturated/α-hetero) is 2. The fraction of sp³-hybridized carbons (Fsp3) is 0.351. The monoisotopic (exact) mass is 690 g/mol. The number of benzene rings is 3. The van der Waals surface area contributed by atoms with Gasteiger partial charge in [0.2, 0.25) is 0 Å². The van der Waals surface area contributed by atoms with Gasteiger partial charge < -0.3 is 14.3 Å². The van der Waals surface area contributed by atoms with Gasteiger partial charge in [0.05, 0.1) is 21.0 Å². The number of fused-ring (bicyclic) bond motifs is 1. The van der Waals surface area contributed by atoms with Crippen LogP contribution in [0.3, 0.4) is 0 Å². The van der Waals surface area contributed by atoms with Crippen LogP contribution >= 0.6 is 0 Å². The van der Waals surface area contributed by atoms with Gasteiger partial charge in [-0.05, 0) is 104 Å². The Bertz CT molecular complexity index is 2030. The number of aromatic hydroxyl groups is 1. The molecular weight excluding hydrogens is 648 g/mol. The first kappa shape index (κ1) is 40.5. The number of furan rings is 1. The Hall–Kier alpha value is -5.72. The van der Waals surface area contributed by atoms with Crippen LogP contribution in [0.4, 0.5) is 11.4 Å². The summed E-state index contributed by atoms with van der Waals surface area (Å²) in [6, 6.07) is 1.85. The fourth-order valence-electron chi connectivity index (χ4n) is 5.52. The van der Waals surface area contributed by atoms with Gasteiger partial charge in [-0.2, -0.15) is 0 Å². The van der Waals surface area contributed by atoms with E-state index < -0.39 is 9.85 Å². The van der Waals surface area contributed by atoms with Crippen LogP contribution in [0.2, 0.25) is 0 Å². The number of hydrogen-bond acceptors (Lipinski definition) is 11. The SMILES string of the molecule is CC(=O)COc1c(C)c(C)c([N+](=O)[O-])c(C)c1C=O.CC(=O)c1cc2c(C)c(C)c(C)c(C)c2o1.Cc1c(C)c([N+](=O)[O-])c(C)c(C=O)c1O. The van der Waals surface area contributed by atoms with E-state index in [1.807, 2.05) is 13.0 Å². The molecule has 0 aliphatic heterocycles. The number of hydrogen-bond donors (Lipinski definition) is 1. The van der Waals surface area contributed by atoms with E-state index in [0.29, 0.717) is 40.6 Å². The molecular formula is C37H42N2O11. The second kappa shape index (κ2) is 16.1. The van der Waals surface area contributed by atoms with Crippen LogP contribution in [0.15, 0.2) is 10.5 Å². The van der Waals surface area contributed by atoms with Gasteiger partial charge in [0.25, 0.3) is 11.4 Å². The molecule has 0 aliphatic carbocycles. The summed E-state index contributed by atoms with van der Waals surface area (Å²) >= 11 is 0. The van der Waals surface area contributed by atoms with Crippen LogP contribution in [-0.4, -0.2) is 45.7 Å². The lowest BCUT2D eigenvalue weighted by atomic mass is 9.96. The molecule has 13 nitrogen and oxygen atoms in total. The molecule has 1 N–H and O–H groups in total. The van der Waals surface area contributed by atoms with E-state index in [-0.39, 0.29) is 63.3 Å². The van der Waals surface area contributed by atoms with E-state index >= 15 is 0 Å². The zero-order valence-corrected chi connectivity index (χ0v) is 30.4. The van der Waals surface area contributed by atoms with Crippen LogP contribution in [0.1, 0.15) is 101 Å². The summed E-state index contributed by atoms with van der Waals surface area (Å²) in [5.74, 6) is 0.304.